The smallest absolute Gasteiger partial charge is 0.188 e. The van der Waals surface area contributed by atoms with Gasteiger partial charge in [-0.05, 0) is 47.3 Å². The molecule has 112 valence electrons. The summed E-state index contributed by atoms with van der Waals surface area (Å²) in [6, 6.07) is 16.5. The van der Waals surface area contributed by atoms with Crippen LogP contribution in [0.2, 0.25) is 18.1 Å². The molecule has 2 aromatic carbocycles. The Kier molecular flexibility index (Phi) is 4.26. The molecule has 2 aromatic rings. The van der Waals surface area contributed by atoms with Crippen LogP contribution in [0.5, 0.6) is 0 Å². The van der Waals surface area contributed by atoms with Crippen molar-refractivity contribution in [3.63, 3.8) is 0 Å². The molecule has 0 aromatic heterocycles. The second kappa shape index (κ2) is 5.66. The lowest BCUT2D eigenvalue weighted by Crippen LogP contribution is -2.40. The number of hydrogen-bond donors (Lipinski definition) is 2. The number of nitrogen functional groups attached to an aromatic ring is 1. The Morgan fingerprint density at radius 3 is 2.14 bits per heavy atom. The summed E-state index contributed by atoms with van der Waals surface area (Å²) in [4.78, 5) is 10.4. The zero-order chi connectivity index (χ0) is 15.7. The average Bonchev–Trinajstić information content (AvgIpc) is 2.40. The molecular formula is C18H25NOSi. The Hall–Kier alpha value is -1.58. The number of anilines is 1. The van der Waals surface area contributed by atoms with Gasteiger partial charge in [-0.1, -0.05) is 56.3 Å². The monoisotopic (exact) mass is 299 g/mol. The largest absolute Gasteiger partial charge is 0.432 e. The van der Waals surface area contributed by atoms with Crippen LogP contribution in [0.4, 0.5) is 5.69 Å². The predicted octanol–water partition coefficient (Wildman–Crippen LogP) is 4.46. The molecule has 0 spiro atoms. The summed E-state index contributed by atoms with van der Waals surface area (Å²) in [6.07, 6.45) is 0.809. The van der Waals surface area contributed by atoms with E-state index in [2.05, 4.69) is 38.1 Å². The van der Waals surface area contributed by atoms with Crippen molar-refractivity contribution in [1.82, 2.24) is 0 Å². The predicted molar refractivity (Wildman–Crippen MR) is 93.7 cm³/mol. The molecule has 0 fully saturated rings. The van der Waals surface area contributed by atoms with Gasteiger partial charge in [0.15, 0.2) is 8.32 Å². The molecule has 0 saturated heterocycles. The lowest BCUT2D eigenvalue weighted by Gasteiger charge is -2.35. The van der Waals surface area contributed by atoms with Crippen molar-refractivity contribution in [2.24, 2.45) is 0 Å². The van der Waals surface area contributed by atoms with Gasteiger partial charge in [0, 0.05) is 5.69 Å². The minimum atomic E-state index is -2.22. The summed E-state index contributed by atoms with van der Waals surface area (Å²) in [5.41, 5.74) is 10.5. The van der Waals surface area contributed by atoms with Gasteiger partial charge in [0.1, 0.15) is 0 Å². The van der Waals surface area contributed by atoms with E-state index in [1.807, 2.05) is 37.4 Å². The quantitative estimate of drug-likeness (QED) is 0.647. The highest BCUT2D eigenvalue weighted by molar-refractivity contribution is 6.72. The lowest BCUT2D eigenvalue weighted by molar-refractivity contribution is 0.468. The maximum absolute atomic E-state index is 10.4. The van der Waals surface area contributed by atoms with Crippen molar-refractivity contribution < 1.29 is 4.80 Å². The summed E-state index contributed by atoms with van der Waals surface area (Å²) in [5.74, 6) is 0. The molecule has 2 rings (SSSR count). The molecule has 0 aliphatic carbocycles. The van der Waals surface area contributed by atoms with E-state index in [0.29, 0.717) is 0 Å². The van der Waals surface area contributed by atoms with Crippen molar-refractivity contribution in [2.75, 3.05) is 5.73 Å². The molecule has 3 heteroatoms. The Balaban J connectivity index is 2.29. The van der Waals surface area contributed by atoms with Crippen LogP contribution in [0.15, 0.2) is 48.5 Å². The van der Waals surface area contributed by atoms with Crippen molar-refractivity contribution in [2.45, 2.75) is 38.4 Å². The summed E-state index contributed by atoms with van der Waals surface area (Å²) >= 11 is 0. The molecule has 3 N–H and O–H groups in total. The minimum absolute atomic E-state index is 0.102. The minimum Gasteiger partial charge on any atom is -0.432 e. The second-order valence-corrected chi connectivity index (χ2v) is 11.4. The summed E-state index contributed by atoms with van der Waals surface area (Å²) in [5, 5.41) is -0.102. The first-order chi connectivity index (χ1) is 9.71. The van der Waals surface area contributed by atoms with E-state index in [-0.39, 0.29) is 5.04 Å². The Morgan fingerprint density at radius 2 is 1.62 bits per heavy atom. The van der Waals surface area contributed by atoms with Gasteiger partial charge < -0.3 is 10.5 Å². The maximum atomic E-state index is 10.4. The molecule has 0 atom stereocenters. The first kappa shape index (κ1) is 15.8. The van der Waals surface area contributed by atoms with Gasteiger partial charge in [-0.15, -0.1) is 0 Å². The summed E-state index contributed by atoms with van der Waals surface area (Å²) in [7, 11) is -2.22. The zero-order valence-electron chi connectivity index (χ0n) is 13.4. The molecule has 21 heavy (non-hydrogen) atoms. The Labute approximate surface area is 128 Å². The molecule has 2 nitrogen and oxygen atoms in total. The van der Waals surface area contributed by atoms with Crippen LogP contribution in [-0.4, -0.2) is 13.1 Å². The third kappa shape index (κ3) is 3.55. The summed E-state index contributed by atoms with van der Waals surface area (Å²) in [6.45, 7) is 8.23. The van der Waals surface area contributed by atoms with Gasteiger partial charge in [0.05, 0.1) is 0 Å². The van der Waals surface area contributed by atoms with E-state index in [4.69, 9.17) is 5.73 Å². The van der Waals surface area contributed by atoms with Gasteiger partial charge in [0.25, 0.3) is 0 Å². The van der Waals surface area contributed by atoms with Crippen LogP contribution in [0.3, 0.4) is 0 Å². The molecule has 0 radical (unpaired) electrons. The molecule has 0 aliphatic heterocycles. The van der Waals surface area contributed by atoms with E-state index in [9.17, 15) is 4.80 Å². The number of benzene rings is 2. The summed E-state index contributed by atoms with van der Waals surface area (Å²) < 4.78 is 0. The molecular weight excluding hydrogens is 274 g/mol. The van der Waals surface area contributed by atoms with Crippen LogP contribution >= 0.6 is 0 Å². The van der Waals surface area contributed by atoms with Crippen molar-refractivity contribution in [3.05, 3.63) is 54.1 Å². The van der Waals surface area contributed by atoms with Crippen LogP contribution in [-0.2, 0) is 6.42 Å². The van der Waals surface area contributed by atoms with E-state index >= 15 is 0 Å². The van der Waals surface area contributed by atoms with Gasteiger partial charge in [0.2, 0.25) is 0 Å². The first-order valence-corrected chi connectivity index (χ1v) is 10.3. The third-order valence-corrected chi connectivity index (χ3v) is 8.03. The SMILES string of the molecule is CC(C)(Cc1ccc(-c2ccccc2)cc1N)[Si](C)(C)O. The van der Waals surface area contributed by atoms with Crippen LogP contribution < -0.4 is 5.73 Å². The Morgan fingerprint density at radius 1 is 1.00 bits per heavy atom. The van der Waals surface area contributed by atoms with E-state index < -0.39 is 8.32 Å². The van der Waals surface area contributed by atoms with E-state index in [0.717, 1.165) is 23.2 Å². The van der Waals surface area contributed by atoms with Gasteiger partial charge in [-0.3, -0.25) is 0 Å². The number of nitrogens with two attached hydrogens (primary N) is 1. The number of hydrogen-bond acceptors (Lipinski definition) is 2. The lowest BCUT2D eigenvalue weighted by atomic mass is 9.97. The molecule has 0 heterocycles. The zero-order valence-corrected chi connectivity index (χ0v) is 14.4. The molecule has 0 amide bonds. The normalized spacial score (nSPS) is 12.4. The fourth-order valence-corrected chi connectivity index (χ4v) is 2.88. The second-order valence-electron chi connectivity index (χ2n) is 6.90. The average molecular weight is 299 g/mol. The Bertz CT molecular complexity index is 615. The van der Waals surface area contributed by atoms with Crippen molar-refractivity contribution >= 4 is 14.0 Å². The van der Waals surface area contributed by atoms with Gasteiger partial charge >= 0.3 is 0 Å². The van der Waals surface area contributed by atoms with E-state index in [1.54, 1.807) is 0 Å². The van der Waals surface area contributed by atoms with E-state index in [1.165, 1.54) is 5.56 Å². The molecule has 0 unspecified atom stereocenters. The van der Waals surface area contributed by atoms with Crippen molar-refractivity contribution in [1.29, 1.82) is 0 Å². The fourth-order valence-electron chi connectivity index (χ4n) is 2.26. The highest BCUT2D eigenvalue weighted by Gasteiger charge is 2.38. The maximum Gasteiger partial charge on any atom is 0.188 e. The molecule has 0 aliphatic rings. The van der Waals surface area contributed by atoms with Crippen molar-refractivity contribution in [3.8, 4) is 11.1 Å². The highest BCUT2D eigenvalue weighted by atomic mass is 28.4. The highest BCUT2D eigenvalue weighted by Crippen LogP contribution is 2.40. The standard InChI is InChI=1S/C18H25NOSi/c1-18(2,21(3,4)20)13-16-11-10-15(12-17(16)19)14-8-6-5-7-9-14/h5-12,20H,13,19H2,1-4H3. The number of rotatable bonds is 4. The fraction of sp³-hybridized carbons (Fsp3) is 0.333. The van der Waals surface area contributed by atoms with Gasteiger partial charge in [-0.25, -0.2) is 0 Å². The van der Waals surface area contributed by atoms with Crippen LogP contribution in [0, 0.1) is 0 Å². The van der Waals surface area contributed by atoms with Gasteiger partial charge in [-0.2, -0.15) is 0 Å². The topological polar surface area (TPSA) is 46.2 Å². The third-order valence-electron chi connectivity index (χ3n) is 4.54. The van der Waals surface area contributed by atoms with Crippen LogP contribution in [0.1, 0.15) is 19.4 Å². The molecule has 0 bridgehead atoms. The first-order valence-electron chi connectivity index (χ1n) is 7.37. The molecule has 0 saturated carbocycles. The van der Waals surface area contributed by atoms with Crippen LogP contribution in [0.25, 0.3) is 11.1 Å².